The Bertz CT molecular complexity index is 798. The summed E-state index contributed by atoms with van der Waals surface area (Å²) in [7, 11) is 0. The summed E-state index contributed by atoms with van der Waals surface area (Å²) in [4.78, 5) is 16.2. The van der Waals surface area contributed by atoms with Gasteiger partial charge >= 0.3 is 0 Å². The van der Waals surface area contributed by atoms with Crippen LogP contribution in [0, 0.1) is 0 Å². The molecule has 24 heavy (non-hydrogen) atoms. The molecule has 0 aliphatic rings. The van der Waals surface area contributed by atoms with Crippen LogP contribution in [0.5, 0.6) is 5.75 Å². The largest absolute Gasteiger partial charge is 0.489 e. The zero-order chi connectivity index (χ0) is 16.6. The minimum atomic E-state index is 0.0403. The number of hydrogen-bond donors (Lipinski definition) is 1. The number of carbonyl (C=O) groups excluding carboxylic acids is 1. The Kier molecular flexibility index (Phi) is 5.40. The number of carbonyl (C=O) groups is 1. The topological polar surface area (TPSA) is 51.2 Å². The number of pyridine rings is 1. The lowest BCUT2D eigenvalue weighted by molar-refractivity contribution is -0.121. The first-order valence-electron chi connectivity index (χ1n) is 8.10. The summed E-state index contributed by atoms with van der Waals surface area (Å²) in [5.41, 5.74) is 2.01. The molecule has 1 heterocycles. The predicted molar refractivity (Wildman–Crippen MR) is 95.0 cm³/mol. The number of rotatable bonds is 7. The summed E-state index contributed by atoms with van der Waals surface area (Å²) < 4.78 is 5.76. The molecule has 1 N–H and O–H groups in total. The fourth-order valence-electron chi connectivity index (χ4n) is 2.54. The van der Waals surface area contributed by atoms with Crippen LogP contribution in [0.1, 0.15) is 12.0 Å². The van der Waals surface area contributed by atoms with Gasteiger partial charge < -0.3 is 10.1 Å². The Morgan fingerprint density at radius 3 is 2.71 bits per heavy atom. The van der Waals surface area contributed by atoms with Gasteiger partial charge in [-0.3, -0.25) is 9.78 Å². The van der Waals surface area contributed by atoms with Gasteiger partial charge in [-0.25, -0.2) is 0 Å². The molecule has 0 radical (unpaired) electrons. The van der Waals surface area contributed by atoms with E-state index in [9.17, 15) is 4.79 Å². The average Bonchev–Trinajstić information content (AvgIpc) is 2.64. The van der Waals surface area contributed by atoms with Gasteiger partial charge in [0.25, 0.3) is 0 Å². The summed E-state index contributed by atoms with van der Waals surface area (Å²) in [6.45, 7) is 0.906. The number of hydrogen-bond acceptors (Lipinski definition) is 3. The molecule has 0 spiro atoms. The summed E-state index contributed by atoms with van der Waals surface area (Å²) in [6, 6.07) is 19.7. The molecule has 1 amide bonds. The first-order chi connectivity index (χ1) is 11.8. The molecule has 4 nitrogen and oxygen atoms in total. The lowest BCUT2D eigenvalue weighted by Crippen LogP contribution is -2.28. The van der Waals surface area contributed by atoms with Gasteiger partial charge in [-0.05, 0) is 24.1 Å². The molecule has 0 aliphatic heterocycles. The Balaban J connectivity index is 1.42. The van der Waals surface area contributed by atoms with E-state index in [0.29, 0.717) is 19.6 Å². The normalized spacial score (nSPS) is 10.5. The van der Waals surface area contributed by atoms with Crippen LogP contribution in [0.3, 0.4) is 0 Å². The summed E-state index contributed by atoms with van der Waals surface area (Å²) in [5, 5.41) is 3.93. The van der Waals surface area contributed by atoms with Crippen molar-refractivity contribution in [3.05, 3.63) is 72.4 Å². The Morgan fingerprint density at radius 2 is 1.83 bits per heavy atom. The van der Waals surface area contributed by atoms with E-state index < -0.39 is 0 Å². The van der Waals surface area contributed by atoms with Crippen molar-refractivity contribution in [2.24, 2.45) is 0 Å². The molecule has 0 aliphatic carbocycles. The molecular weight excluding hydrogens is 300 g/mol. The number of amides is 1. The summed E-state index contributed by atoms with van der Waals surface area (Å²) in [5.74, 6) is 0.783. The molecule has 0 unspecified atom stereocenters. The maximum atomic E-state index is 11.9. The number of para-hydroxylation sites is 1. The zero-order valence-corrected chi connectivity index (χ0v) is 13.4. The van der Waals surface area contributed by atoms with Gasteiger partial charge in [0, 0.05) is 18.0 Å². The molecule has 122 valence electrons. The van der Waals surface area contributed by atoms with Crippen molar-refractivity contribution in [3.63, 3.8) is 0 Å². The number of ether oxygens (including phenoxy) is 1. The maximum Gasteiger partial charge on any atom is 0.220 e. The Labute approximate surface area is 141 Å². The molecule has 3 rings (SSSR count). The highest BCUT2D eigenvalue weighted by molar-refractivity contribution is 5.84. The molecule has 3 aromatic rings. The molecule has 0 saturated heterocycles. The van der Waals surface area contributed by atoms with Crippen LogP contribution in [0.4, 0.5) is 0 Å². The smallest absolute Gasteiger partial charge is 0.220 e. The van der Waals surface area contributed by atoms with Gasteiger partial charge in [-0.1, -0.05) is 48.5 Å². The second-order valence-electron chi connectivity index (χ2n) is 5.52. The fourth-order valence-corrected chi connectivity index (χ4v) is 2.54. The van der Waals surface area contributed by atoms with Gasteiger partial charge in [0.15, 0.2) is 0 Å². The van der Waals surface area contributed by atoms with Crippen LogP contribution in [-0.2, 0) is 11.2 Å². The lowest BCUT2D eigenvalue weighted by Gasteiger charge is -2.09. The first-order valence-corrected chi connectivity index (χ1v) is 8.10. The van der Waals surface area contributed by atoms with Crippen LogP contribution in [0.25, 0.3) is 10.9 Å². The molecule has 4 heteroatoms. The van der Waals surface area contributed by atoms with E-state index in [-0.39, 0.29) is 5.91 Å². The van der Waals surface area contributed by atoms with Crippen molar-refractivity contribution in [1.29, 1.82) is 0 Å². The molecular formula is C20H20N2O2. The molecule has 0 fully saturated rings. The quantitative estimate of drug-likeness (QED) is 0.679. The van der Waals surface area contributed by atoms with Gasteiger partial charge in [0.05, 0.1) is 6.54 Å². The monoisotopic (exact) mass is 320 g/mol. The lowest BCUT2D eigenvalue weighted by atomic mass is 10.1. The Morgan fingerprint density at radius 1 is 1.00 bits per heavy atom. The fraction of sp³-hybridized carbons (Fsp3) is 0.200. The van der Waals surface area contributed by atoms with Crippen molar-refractivity contribution >= 4 is 16.8 Å². The maximum absolute atomic E-state index is 11.9. The standard InChI is InChI=1S/C20H20N2O2/c23-19(12-11-16-6-2-1-3-7-16)21-14-15-24-18-10-4-8-17-9-5-13-22-20(17)18/h1-10,13H,11-12,14-15H2,(H,21,23). The Hall–Kier alpha value is -2.88. The van der Waals surface area contributed by atoms with Crippen LogP contribution in [0.2, 0.25) is 0 Å². The second-order valence-corrected chi connectivity index (χ2v) is 5.52. The number of nitrogens with one attached hydrogen (secondary N) is 1. The van der Waals surface area contributed by atoms with Crippen molar-refractivity contribution in [3.8, 4) is 5.75 Å². The number of benzene rings is 2. The van der Waals surface area contributed by atoms with Crippen molar-refractivity contribution in [1.82, 2.24) is 10.3 Å². The van der Waals surface area contributed by atoms with Gasteiger partial charge in [-0.2, -0.15) is 0 Å². The average molecular weight is 320 g/mol. The summed E-state index contributed by atoms with van der Waals surface area (Å²) >= 11 is 0. The second kappa shape index (κ2) is 8.11. The van der Waals surface area contributed by atoms with E-state index in [2.05, 4.69) is 10.3 Å². The number of aromatic nitrogens is 1. The molecule has 2 aromatic carbocycles. The van der Waals surface area contributed by atoms with Gasteiger partial charge in [-0.15, -0.1) is 0 Å². The third kappa shape index (κ3) is 4.32. The third-order valence-corrected chi connectivity index (χ3v) is 3.76. The van der Waals surface area contributed by atoms with Crippen LogP contribution in [0.15, 0.2) is 66.9 Å². The number of aryl methyl sites for hydroxylation is 1. The van der Waals surface area contributed by atoms with Crippen LogP contribution >= 0.6 is 0 Å². The molecule has 0 atom stereocenters. The van der Waals surface area contributed by atoms with Crippen molar-refractivity contribution in [2.75, 3.05) is 13.2 Å². The predicted octanol–water partition coefficient (Wildman–Crippen LogP) is 3.36. The highest BCUT2D eigenvalue weighted by atomic mass is 16.5. The van der Waals surface area contributed by atoms with Crippen molar-refractivity contribution in [2.45, 2.75) is 12.8 Å². The van der Waals surface area contributed by atoms with Crippen molar-refractivity contribution < 1.29 is 9.53 Å². The van der Waals surface area contributed by atoms with E-state index in [0.717, 1.165) is 23.1 Å². The highest BCUT2D eigenvalue weighted by Crippen LogP contribution is 2.22. The summed E-state index contributed by atoms with van der Waals surface area (Å²) in [6.07, 6.45) is 2.99. The minimum absolute atomic E-state index is 0.0403. The molecule has 1 aromatic heterocycles. The minimum Gasteiger partial charge on any atom is -0.489 e. The van der Waals surface area contributed by atoms with E-state index in [1.807, 2.05) is 60.7 Å². The molecule has 0 bridgehead atoms. The zero-order valence-electron chi connectivity index (χ0n) is 13.4. The highest BCUT2D eigenvalue weighted by Gasteiger charge is 2.04. The van der Waals surface area contributed by atoms with Gasteiger partial charge in [0.2, 0.25) is 5.91 Å². The first kappa shape index (κ1) is 16.0. The van der Waals surface area contributed by atoms with E-state index >= 15 is 0 Å². The van der Waals surface area contributed by atoms with E-state index in [4.69, 9.17) is 4.74 Å². The van der Waals surface area contributed by atoms with Crippen LogP contribution < -0.4 is 10.1 Å². The van der Waals surface area contributed by atoms with E-state index in [1.54, 1.807) is 6.20 Å². The third-order valence-electron chi connectivity index (χ3n) is 3.76. The molecule has 0 saturated carbocycles. The van der Waals surface area contributed by atoms with Gasteiger partial charge in [0.1, 0.15) is 17.9 Å². The van der Waals surface area contributed by atoms with E-state index in [1.165, 1.54) is 5.56 Å². The number of fused-ring (bicyclic) bond motifs is 1. The SMILES string of the molecule is O=C(CCc1ccccc1)NCCOc1cccc2cccnc12. The van der Waals surface area contributed by atoms with Crippen LogP contribution in [-0.4, -0.2) is 24.0 Å². The number of nitrogens with zero attached hydrogens (tertiary/aromatic N) is 1.